The van der Waals surface area contributed by atoms with E-state index in [9.17, 15) is 14.0 Å². The van der Waals surface area contributed by atoms with Gasteiger partial charge < -0.3 is 15.0 Å². The van der Waals surface area contributed by atoms with Crippen molar-refractivity contribution < 1.29 is 18.7 Å². The van der Waals surface area contributed by atoms with Gasteiger partial charge in [0.25, 0.3) is 0 Å². The zero-order chi connectivity index (χ0) is 18.9. The third-order valence-electron chi connectivity index (χ3n) is 3.80. The molecule has 2 aromatic rings. The maximum absolute atomic E-state index is 12.9. The third-order valence-corrected chi connectivity index (χ3v) is 3.80. The number of halogens is 1. The first-order valence-electron chi connectivity index (χ1n) is 8.51. The molecule has 0 spiro atoms. The van der Waals surface area contributed by atoms with Crippen LogP contribution in [0.1, 0.15) is 25.8 Å². The Morgan fingerprint density at radius 2 is 1.73 bits per heavy atom. The topological polar surface area (TPSA) is 58.6 Å². The number of amides is 2. The Labute approximate surface area is 152 Å². The van der Waals surface area contributed by atoms with E-state index in [-0.39, 0.29) is 30.6 Å². The lowest BCUT2D eigenvalue weighted by atomic mass is 10.2. The van der Waals surface area contributed by atoms with Gasteiger partial charge >= 0.3 is 0 Å². The van der Waals surface area contributed by atoms with Crippen molar-refractivity contribution in [3.8, 4) is 5.75 Å². The molecule has 0 saturated carbocycles. The van der Waals surface area contributed by atoms with E-state index in [0.29, 0.717) is 18.8 Å². The molecule has 0 aliphatic rings. The van der Waals surface area contributed by atoms with Crippen LogP contribution in [-0.4, -0.2) is 25.0 Å². The molecule has 0 saturated heterocycles. The summed E-state index contributed by atoms with van der Waals surface area (Å²) in [6.45, 7) is 4.54. The smallest absolute Gasteiger partial charge is 0.223 e. The molecule has 2 rings (SSSR count). The Morgan fingerprint density at radius 3 is 2.31 bits per heavy atom. The van der Waals surface area contributed by atoms with Gasteiger partial charge in [0.15, 0.2) is 0 Å². The van der Waals surface area contributed by atoms with Gasteiger partial charge in [0.05, 0.1) is 6.61 Å². The third kappa shape index (κ3) is 5.88. The van der Waals surface area contributed by atoms with Crippen LogP contribution in [0.2, 0.25) is 0 Å². The fourth-order valence-electron chi connectivity index (χ4n) is 2.46. The van der Waals surface area contributed by atoms with Gasteiger partial charge in [0.2, 0.25) is 11.8 Å². The first-order chi connectivity index (χ1) is 12.5. The monoisotopic (exact) mass is 358 g/mol. The van der Waals surface area contributed by atoms with E-state index in [4.69, 9.17) is 4.74 Å². The first-order valence-corrected chi connectivity index (χ1v) is 8.51. The number of nitrogens with one attached hydrogen (secondary N) is 1. The zero-order valence-electron chi connectivity index (χ0n) is 15.0. The molecule has 0 atom stereocenters. The van der Waals surface area contributed by atoms with Crippen molar-refractivity contribution in [2.75, 3.05) is 18.1 Å². The van der Waals surface area contributed by atoms with Crippen LogP contribution in [0.15, 0.2) is 48.5 Å². The second kappa shape index (κ2) is 9.56. The minimum absolute atomic E-state index is 0.138. The van der Waals surface area contributed by atoms with Crippen molar-refractivity contribution >= 4 is 17.5 Å². The second-order valence-electron chi connectivity index (χ2n) is 5.75. The quantitative estimate of drug-likeness (QED) is 0.788. The normalized spacial score (nSPS) is 10.3. The Hall–Kier alpha value is -2.89. The van der Waals surface area contributed by atoms with E-state index in [0.717, 1.165) is 11.3 Å². The number of hydrogen-bond acceptors (Lipinski definition) is 3. The van der Waals surface area contributed by atoms with Crippen LogP contribution in [0.4, 0.5) is 10.1 Å². The molecule has 0 unspecified atom stereocenters. The average molecular weight is 358 g/mol. The molecule has 0 aromatic heterocycles. The predicted octanol–water partition coefficient (Wildman–Crippen LogP) is 3.28. The zero-order valence-corrected chi connectivity index (χ0v) is 15.0. The van der Waals surface area contributed by atoms with Gasteiger partial charge in [-0.1, -0.05) is 12.1 Å². The fourth-order valence-corrected chi connectivity index (χ4v) is 2.46. The maximum atomic E-state index is 12.9. The lowest BCUT2D eigenvalue weighted by Gasteiger charge is -2.21. The van der Waals surface area contributed by atoms with Crippen LogP contribution in [0.5, 0.6) is 5.75 Å². The molecule has 1 N–H and O–H groups in total. The highest BCUT2D eigenvalue weighted by Crippen LogP contribution is 2.20. The maximum Gasteiger partial charge on any atom is 0.223 e. The molecule has 2 amide bonds. The van der Waals surface area contributed by atoms with Crippen LogP contribution in [0, 0.1) is 5.82 Å². The summed E-state index contributed by atoms with van der Waals surface area (Å²) in [5, 5.41) is 2.77. The van der Waals surface area contributed by atoms with Crippen molar-refractivity contribution in [2.24, 2.45) is 0 Å². The largest absolute Gasteiger partial charge is 0.494 e. The highest BCUT2D eigenvalue weighted by atomic mass is 19.1. The van der Waals surface area contributed by atoms with Gasteiger partial charge in [-0.25, -0.2) is 4.39 Å². The van der Waals surface area contributed by atoms with Crippen LogP contribution >= 0.6 is 0 Å². The standard InChI is InChI=1S/C20H23FN2O3/c1-3-26-19-10-8-18(9-11-19)23(15(2)24)13-12-20(25)22-14-16-4-6-17(21)7-5-16/h4-11H,3,12-14H2,1-2H3,(H,22,25). The Morgan fingerprint density at radius 1 is 1.08 bits per heavy atom. The van der Waals surface area contributed by atoms with E-state index < -0.39 is 0 Å². The molecule has 0 heterocycles. The van der Waals surface area contributed by atoms with Crippen molar-refractivity contribution in [3.05, 3.63) is 59.9 Å². The average Bonchev–Trinajstić information content (AvgIpc) is 2.63. The van der Waals surface area contributed by atoms with Gasteiger partial charge in [-0.05, 0) is 48.9 Å². The fraction of sp³-hybridized carbons (Fsp3) is 0.300. The van der Waals surface area contributed by atoms with Crippen LogP contribution in [0.3, 0.4) is 0 Å². The molecule has 2 aromatic carbocycles. The van der Waals surface area contributed by atoms with Gasteiger partial charge in [0.1, 0.15) is 11.6 Å². The summed E-state index contributed by atoms with van der Waals surface area (Å²) in [7, 11) is 0. The molecule has 0 aliphatic carbocycles. The molecule has 0 bridgehead atoms. The molecular weight excluding hydrogens is 335 g/mol. The van der Waals surface area contributed by atoms with Crippen molar-refractivity contribution in [1.29, 1.82) is 0 Å². The molecule has 138 valence electrons. The molecular formula is C20H23FN2O3. The first kappa shape index (κ1) is 19.4. The summed E-state index contributed by atoms with van der Waals surface area (Å²) in [6.07, 6.45) is 0.175. The van der Waals surface area contributed by atoms with E-state index in [1.54, 1.807) is 41.3 Å². The SMILES string of the molecule is CCOc1ccc(N(CCC(=O)NCc2ccc(F)cc2)C(C)=O)cc1. The number of hydrogen-bond donors (Lipinski definition) is 1. The molecule has 26 heavy (non-hydrogen) atoms. The lowest BCUT2D eigenvalue weighted by molar-refractivity contribution is -0.121. The number of carbonyl (C=O) groups is 2. The van der Waals surface area contributed by atoms with Gasteiger partial charge in [-0.2, -0.15) is 0 Å². The number of rotatable bonds is 8. The summed E-state index contributed by atoms with van der Waals surface area (Å²) in [4.78, 5) is 25.5. The summed E-state index contributed by atoms with van der Waals surface area (Å²) >= 11 is 0. The molecule has 6 heteroatoms. The van der Waals surface area contributed by atoms with Crippen molar-refractivity contribution in [3.63, 3.8) is 0 Å². The number of anilines is 1. The Bertz CT molecular complexity index is 730. The van der Waals surface area contributed by atoms with Gasteiger partial charge in [-0.15, -0.1) is 0 Å². The van der Waals surface area contributed by atoms with Gasteiger partial charge in [-0.3, -0.25) is 9.59 Å². The van der Waals surface area contributed by atoms with E-state index in [1.807, 2.05) is 6.92 Å². The summed E-state index contributed by atoms with van der Waals surface area (Å²) in [5.41, 5.74) is 1.53. The number of nitrogens with zero attached hydrogens (tertiary/aromatic N) is 1. The molecule has 0 aliphatic heterocycles. The minimum Gasteiger partial charge on any atom is -0.494 e. The number of benzene rings is 2. The summed E-state index contributed by atoms with van der Waals surface area (Å²) < 4.78 is 18.3. The highest BCUT2D eigenvalue weighted by Gasteiger charge is 2.13. The van der Waals surface area contributed by atoms with E-state index in [2.05, 4.69) is 5.32 Å². The van der Waals surface area contributed by atoms with Gasteiger partial charge in [0, 0.05) is 32.1 Å². The molecule has 0 radical (unpaired) electrons. The lowest BCUT2D eigenvalue weighted by Crippen LogP contribution is -2.33. The van der Waals surface area contributed by atoms with Crippen LogP contribution in [-0.2, 0) is 16.1 Å². The van der Waals surface area contributed by atoms with Crippen molar-refractivity contribution in [2.45, 2.75) is 26.8 Å². The number of ether oxygens (including phenoxy) is 1. The molecule has 0 fully saturated rings. The molecule has 5 nitrogen and oxygen atoms in total. The Kier molecular flexibility index (Phi) is 7.14. The summed E-state index contributed by atoms with van der Waals surface area (Å²) in [6, 6.07) is 13.1. The van der Waals surface area contributed by atoms with Crippen LogP contribution in [0.25, 0.3) is 0 Å². The predicted molar refractivity (Wildman–Crippen MR) is 98.5 cm³/mol. The second-order valence-corrected chi connectivity index (χ2v) is 5.75. The van der Waals surface area contributed by atoms with E-state index in [1.165, 1.54) is 19.1 Å². The summed E-state index contributed by atoms with van der Waals surface area (Å²) in [5.74, 6) is 0.108. The van der Waals surface area contributed by atoms with E-state index >= 15 is 0 Å². The Balaban J connectivity index is 1.88. The van der Waals surface area contributed by atoms with Crippen LogP contribution < -0.4 is 15.0 Å². The van der Waals surface area contributed by atoms with Crippen molar-refractivity contribution in [1.82, 2.24) is 5.32 Å². The highest BCUT2D eigenvalue weighted by molar-refractivity contribution is 5.92. The number of carbonyl (C=O) groups excluding carboxylic acids is 2. The minimum atomic E-state index is -0.312.